The Hall–Kier alpha value is -1.39. The Balaban J connectivity index is 1.50. The minimum Gasteiger partial charge on any atom is -0.382 e. The molecule has 1 heterocycles. The van der Waals surface area contributed by atoms with Crippen molar-refractivity contribution >= 4 is 5.91 Å². The van der Waals surface area contributed by atoms with Crippen LogP contribution in [0, 0.1) is 5.92 Å². The number of methoxy groups -OCH3 is 1. The van der Waals surface area contributed by atoms with Crippen LogP contribution in [0.4, 0.5) is 0 Å². The number of hydrogen-bond donors (Lipinski definition) is 0. The molecule has 0 bridgehead atoms. The summed E-state index contributed by atoms with van der Waals surface area (Å²) < 4.78 is 10.6. The van der Waals surface area contributed by atoms with Crippen molar-refractivity contribution in [1.29, 1.82) is 0 Å². The number of aryl methyl sites for hydroxylation is 2. The fourth-order valence-electron chi connectivity index (χ4n) is 3.74. The first-order valence-corrected chi connectivity index (χ1v) is 9.25. The summed E-state index contributed by atoms with van der Waals surface area (Å²) in [6, 6.07) is 6.32. The molecule has 132 valence electrons. The molecule has 0 atom stereocenters. The predicted molar refractivity (Wildman–Crippen MR) is 94.4 cm³/mol. The van der Waals surface area contributed by atoms with E-state index in [1.165, 1.54) is 24.0 Å². The van der Waals surface area contributed by atoms with Gasteiger partial charge in [0.15, 0.2) is 0 Å². The Morgan fingerprint density at radius 1 is 1.12 bits per heavy atom. The minimum atomic E-state index is 0.196. The molecule has 1 aliphatic carbocycles. The molecule has 1 aromatic rings. The molecule has 3 rings (SSSR count). The smallest absolute Gasteiger partial charge is 0.253 e. The molecule has 1 aromatic carbocycles. The third-order valence-electron chi connectivity index (χ3n) is 5.28. The van der Waals surface area contributed by atoms with Crippen LogP contribution in [0.25, 0.3) is 0 Å². The first-order chi connectivity index (χ1) is 11.8. The summed E-state index contributed by atoms with van der Waals surface area (Å²) in [5.74, 6) is 0.761. The van der Waals surface area contributed by atoms with Gasteiger partial charge in [-0.3, -0.25) is 4.79 Å². The van der Waals surface area contributed by atoms with Crippen molar-refractivity contribution in [2.45, 2.75) is 38.5 Å². The van der Waals surface area contributed by atoms with Gasteiger partial charge in [-0.15, -0.1) is 0 Å². The number of piperidine rings is 1. The number of nitrogens with zero attached hydrogens (tertiary/aromatic N) is 1. The molecule has 1 fully saturated rings. The number of carbonyl (C=O) groups is 1. The summed E-state index contributed by atoms with van der Waals surface area (Å²) in [7, 11) is 1.69. The lowest BCUT2D eigenvalue weighted by Crippen LogP contribution is -2.39. The van der Waals surface area contributed by atoms with E-state index < -0.39 is 0 Å². The van der Waals surface area contributed by atoms with Crippen molar-refractivity contribution in [2.75, 3.05) is 40.0 Å². The zero-order valence-corrected chi connectivity index (χ0v) is 14.8. The van der Waals surface area contributed by atoms with Gasteiger partial charge in [-0.05, 0) is 67.7 Å². The molecule has 4 heteroatoms. The van der Waals surface area contributed by atoms with Gasteiger partial charge in [-0.1, -0.05) is 6.07 Å². The van der Waals surface area contributed by atoms with E-state index >= 15 is 0 Å². The van der Waals surface area contributed by atoms with E-state index in [4.69, 9.17) is 9.47 Å². The molecule has 0 saturated carbocycles. The van der Waals surface area contributed by atoms with Gasteiger partial charge in [0.2, 0.25) is 0 Å². The lowest BCUT2D eigenvalue weighted by molar-refractivity contribution is 0.0327. The second kappa shape index (κ2) is 8.63. The van der Waals surface area contributed by atoms with Crippen LogP contribution in [-0.2, 0) is 22.3 Å². The molecule has 0 N–H and O–H groups in total. The molecule has 0 unspecified atom stereocenters. The molecule has 1 aliphatic heterocycles. The molecule has 4 nitrogen and oxygen atoms in total. The molecular formula is C20H29NO3. The number of fused-ring (bicyclic) bond motifs is 1. The predicted octanol–water partition coefficient (Wildman–Crippen LogP) is 3.08. The number of ether oxygens (including phenoxy) is 2. The fraction of sp³-hybridized carbons (Fsp3) is 0.650. The Labute approximate surface area is 145 Å². The average Bonchev–Trinajstić information content (AvgIpc) is 2.65. The van der Waals surface area contributed by atoms with Gasteiger partial charge in [0.1, 0.15) is 0 Å². The molecule has 0 aromatic heterocycles. The number of rotatable bonds is 6. The largest absolute Gasteiger partial charge is 0.382 e. The van der Waals surface area contributed by atoms with Crippen LogP contribution >= 0.6 is 0 Å². The zero-order valence-electron chi connectivity index (χ0n) is 14.8. The van der Waals surface area contributed by atoms with Crippen molar-refractivity contribution in [3.05, 3.63) is 34.9 Å². The summed E-state index contributed by atoms with van der Waals surface area (Å²) in [6.07, 6.45) is 6.88. The normalized spacial score (nSPS) is 18.5. The monoisotopic (exact) mass is 331 g/mol. The molecule has 0 radical (unpaired) electrons. The van der Waals surface area contributed by atoms with E-state index in [0.717, 1.165) is 50.9 Å². The van der Waals surface area contributed by atoms with Gasteiger partial charge in [-0.2, -0.15) is 0 Å². The molecule has 1 amide bonds. The van der Waals surface area contributed by atoms with Gasteiger partial charge in [0.25, 0.3) is 5.91 Å². The van der Waals surface area contributed by atoms with Crippen molar-refractivity contribution in [2.24, 2.45) is 5.92 Å². The minimum absolute atomic E-state index is 0.196. The van der Waals surface area contributed by atoms with Crippen LogP contribution in [0.5, 0.6) is 0 Å². The molecule has 1 saturated heterocycles. The standard InChI is InChI=1S/C20H29NO3/c1-23-12-13-24-15-16-8-10-21(11-9-16)20(22)19-7-6-17-4-2-3-5-18(17)14-19/h6-7,14,16H,2-5,8-13,15H2,1H3. The summed E-state index contributed by atoms with van der Waals surface area (Å²) in [5.41, 5.74) is 3.68. The third-order valence-corrected chi connectivity index (χ3v) is 5.28. The van der Waals surface area contributed by atoms with Crippen LogP contribution in [0.15, 0.2) is 18.2 Å². The molecule has 2 aliphatic rings. The summed E-state index contributed by atoms with van der Waals surface area (Å²) in [4.78, 5) is 14.8. The second-order valence-electron chi connectivity index (χ2n) is 6.99. The SMILES string of the molecule is COCCOCC1CCN(C(=O)c2ccc3c(c2)CCCC3)CC1. The van der Waals surface area contributed by atoms with E-state index in [1.807, 2.05) is 11.0 Å². The Morgan fingerprint density at radius 2 is 1.88 bits per heavy atom. The van der Waals surface area contributed by atoms with Crippen LogP contribution in [-0.4, -0.2) is 50.8 Å². The van der Waals surface area contributed by atoms with E-state index in [-0.39, 0.29) is 5.91 Å². The fourth-order valence-corrected chi connectivity index (χ4v) is 3.74. The Kier molecular flexibility index (Phi) is 6.27. The van der Waals surface area contributed by atoms with Crippen LogP contribution in [0.1, 0.15) is 47.2 Å². The van der Waals surface area contributed by atoms with Gasteiger partial charge >= 0.3 is 0 Å². The Morgan fingerprint density at radius 3 is 2.62 bits per heavy atom. The van der Waals surface area contributed by atoms with Gasteiger partial charge in [-0.25, -0.2) is 0 Å². The van der Waals surface area contributed by atoms with Crippen LogP contribution < -0.4 is 0 Å². The highest BCUT2D eigenvalue weighted by Gasteiger charge is 2.24. The number of likely N-dealkylation sites (tertiary alicyclic amines) is 1. The van der Waals surface area contributed by atoms with Crippen LogP contribution in [0.2, 0.25) is 0 Å². The third kappa shape index (κ3) is 4.37. The van der Waals surface area contributed by atoms with E-state index in [2.05, 4.69) is 12.1 Å². The maximum absolute atomic E-state index is 12.8. The van der Waals surface area contributed by atoms with Gasteiger partial charge in [0.05, 0.1) is 13.2 Å². The topological polar surface area (TPSA) is 38.8 Å². The van der Waals surface area contributed by atoms with Crippen molar-refractivity contribution in [1.82, 2.24) is 4.90 Å². The van der Waals surface area contributed by atoms with E-state index in [1.54, 1.807) is 7.11 Å². The number of hydrogen-bond acceptors (Lipinski definition) is 3. The van der Waals surface area contributed by atoms with E-state index in [0.29, 0.717) is 19.1 Å². The van der Waals surface area contributed by atoms with E-state index in [9.17, 15) is 4.79 Å². The van der Waals surface area contributed by atoms with Crippen molar-refractivity contribution in [3.8, 4) is 0 Å². The summed E-state index contributed by atoms with van der Waals surface area (Å²) >= 11 is 0. The van der Waals surface area contributed by atoms with Gasteiger partial charge < -0.3 is 14.4 Å². The number of amides is 1. The first-order valence-electron chi connectivity index (χ1n) is 9.25. The maximum atomic E-state index is 12.8. The maximum Gasteiger partial charge on any atom is 0.253 e. The highest BCUT2D eigenvalue weighted by Crippen LogP contribution is 2.24. The highest BCUT2D eigenvalue weighted by atomic mass is 16.5. The molecule has 24 heavy (non-hydrogen) atoms. The summed E-state index contributed by atoms with van der Waals surface area (Å²) in [5, 5.41) is 0. The van der Waals surface area contributed by atoms with Crippen LogP contribution in [0.3, 0.4) is 0 Å². The lowest BCUT2D eigenvalue weighted by Gasteiger charge is -2.32. The lowest BCUT2D eigenvalue weighted by atomic mass is 9.90. The summed E-state index contributed by atoms with van der Waals surface area (Å²) in [6.45, 7) is 3.77. The Bertz CT molecular complexity index is 550. The quantitative estimate of drug-likeness (QED) is 0.752. The first kappa shape index (κ1) is 17.4. The average molecular weight is 331 g/mol. The number of carbonyl (C=O) groups excluding carboxylic acids is 1. The molecule has 0 spiro atoms. The van der Waals surface area contributed by atoms with Gasteiger partial charge in [0, 0.05) is 32.4 Å². The molecular weight excluding hydrogens is 302 g/mol. The van der Waals surface area contributed by atoms with Crippen molar-refractivity contribution < 1.29 is 14.3 Å². The highest BCUT2D eigenvalue weighted by molar-refractivity contribution is 5.94. The van der Waals surface area contributed by atoms with Crippen molar-refractivity contribution in [3.63, 3.8) is 0 Å². The zero-order chi connectivity index (χ0) is 16.8. The number of benzene rings is 1. The second-order valence-corrected chi connectivity index (χ2v) is 6.99.